The molecule has 0 saturated carbocycles. The van der Waals surface area contributed by atoms with E-state index in [-0.39, 0.29) is 23.5 Å². The fraction of sp³-hybridized carbons (Fsp3) is 0.167. The molecular weight excluding hydrogens is 379 g/mol. The number of esters is 1. The van der Waals surface area contributed by atoms with Gasteiger partial charge in [-0.25, -0.2) is 4.39 Å². The molecule has 0 saturated heterocycles. The van der Waals surface area contributed by atoms with Crippen molar-refractivity contribution in [2.24, 2.45) is 4.99 Å². The largest absolute Gasteiger partial charge is 0.465 e. The molecule has 5 nitrogen and oxygen atoms in total. The van der Waals surface area contributed by atoms with Crippen LogP contribution in [0.15, 0.2) is 47.5 Å². The number of thiazole rings is 1. The number of carbonyl (C=O) groups is 2. The molecule has 0 unspecified atom stereocenters. The molecule has 0 N–H and O–H groups in total. The molecule has 1 heterocycles. The molecule has 1 amide bonds. The van der Waals surface area contributed by atoms with E-state index in [0.29, 0.717) is 15.3 Å². The maximum absolute atomic E-state index is 14.3. The van der Waals surface area contributed by atoms with Crippen molar-refractivity contribution in [3.63, 3.8) is 0 Å². The maximum atomic E-state index is 14.3. The number of carbonyl (C=O) groups excluding carboxylic acids is 2. The van der Waals surface area contributed by atoms with Crippen molar-refractivity contribution in [1.29, 1.82) is 0 Å². The number of amides is 1. The van der Waals surface area contributed by atoms with Crippen LogP contribution in [-0.2, 0) is 16.1 Å². The molecule has 3 rings (SSSR count). The molecule has 0 atom stereocenters. The summed E-state index contributed by atoms with van der Waals surface area (Å²) in [4.78, 5) is 28.6. The van der Waals surface area contributed by atoms with E-state index in [4.69, 9.17) is 16.3 Å². The van der Waals surface area contributed by atoms with E-state index in [1.165, 1.54) is 16.7 Å². The van der Waals surface area contributed by atoms with Gasteiger partial charge in [-0.1, -0.05) is 35.1 Å². The van der Waals surface area contributed by atoms with E-state index >= 15 is 0 Å². The van der Waals surface area contributed by atoms with Gasteiger partial charge in [0.2, 0.25) is 0 Å². The van der Waals surface area contributed by atoms with Gasteiger partial charge in [0, 0.05) is 10.6 Å². The predicted octanol–water partition coefficient (Wildman–Crippen LogP) is 3.80. The average Bonchev–Trinajstić information content (AvgIpc) is 2.93. The number of para-hydroxylation sites is 1. The first-order valence-electron chi connectivity index (χ1n) is 7.77. The Hall–Kier alpha value is -2.51. The van der Waals surface area contributed by atoms with Crippen molar-refractivity contribution in [2.75, 3.05) is 6.61 Å². The van der Waals surface area contributed by atoms with Crippen LogP contribution in [0.25, 0.3) is 10.2 Å². The van der Waals surface area contributed by atoms with Crippen molar-refractivity contribution >= 4 is 45.0 Å². The molecule has 0 aliphatic heterocycles. The topological polar surface area (TPSA) is 60.7 Å². The second-order valence-corrected chi connectivity index (χ2v) is 6.74. The number of benzene rings is 2. The van der Waals surface area contributed by atoms with Crippen LogP contribution in [0.3, 0.4) is 0 Å². The minimum Gasteiger partial charge on any atom is -0.465 e. The Morgan fingerprint density at radius 1 is 1.27 bits per heavy atom. The Morgan fingerprint density at radius 3 is 2.77 bits per heavy atom. The molecular formula is C18H14ClFN2O3S. The van der Waals surface area contributed by atoms with Gasteiger partial charge in [0.15, 0.2) is 4.80 Å². The highest BCUT2D eigenvalue weighted by Crippen LogP contribution is 2.21. The number of ether oxygens (including phenoxy) is 1. The third-order valence-electron chi connectivity index (χ3n) is 3.51. The molecule has 8 heteroatoms. The van der Waals surface area contributed by atoms with E-state index in [1.54, 1.807) is 37.3 Å². The van der Waals surface area contributed by atoms with Crippen LogP contribution < -0.4 is 4.80 Å². The second-order valence-electron chi connectivity index (χ2n) is 5.29. The summed E-state index contributed by atoms with van der Waals surface area (Å²) in [5.74, 6) is -1.57. The predicted molar refractivity (Wildman–Crippen MR) is 97.8 cm³/mol. The van der Waals surface area contributed by atoms with Crippen molar-refractivity contribution in [3.8, 4) is 0 Å². The van der Waals surface area contributed by atoms with E-state index in [2.05, 4.69) is 4.99 Å². The van der Waals surface area contributed by atoms with Crippen LogP contribution in [0.4, 0.5) is 4.39 Å². The van der Waals surface area contributed by atoms with Gasteiger partial charge in [-0.3, -0.25) is 9.59 Å². The summed E-state index contributed by atoms with van der Waals surface area (Å²) >= 11 is 7.02. The van der Waals surface area contributed by atoms with Crippen molar-refractivity contribution in [2.45, 2.75) is 13.5 Å². The van der Waals surface area contributed by atoms with Crippen LogP contribution >= 0.6 is 22.9 Å². The van der Waals surface area contributed by atoms with Crippen molar-refractivity contribution in [1.82, 2.24) is 4.57 Å². The zero-order valence-electron chi connectivity index (χ0n) is 13.7. The van der Waals surface area contributed by atoms with Gasteiger partial charge in [-0.05, 0) is 37.3 Å². The zero-order valence-corrected chi connectivity index (χ0v) is 15.3. The monoisotopic (exact) mass is 392 g/mol. The number of nitrogens with zero attached hydrogens (tertiary/aromatic N) is 2. The van der Waals surface area contributed by atoms with E-state index in [0.717, 1.165) is 11.3 Å². The smallest absolute Gasteiger partial charge is 0.326 e. The number of fused-ring (bicyclic) bond motifs is 1. The van der Waals surface area contributed by atoms with Crippen LogP contribution in [0, 0.1) is 5.82 Å². The summed E-state index contributed by atoms with van der Waals surface area (Å²) < 4.78 is 21.2. The normalized spacial score (nSPS) is 11.7. The van der Waals surface area contributed by atoms with Gasteiger partial charge in [0.25, 0.3) is 5.91 Å². The third-order valence-corrected chi connectivity index (χ3v) is 4.79. The van der Waals surface area contributed by atoms with Gasteiger partial charge in [0.05, 0.1) is 16.8 Å². The average molecular weight is 393 g/mol. The Bertz CT molecular complexity index is 1060. The fourth-order valence-electron chi connectivity index (χ4n) is 2.43. The van der Waals surface area contributed by atoms with Crippen molar-refractivity contribution in [3.05, 3.63) is 63.7 Å². The highest BCUT2D eigenvalue weighted by atomic mass is 35.5. The van der Waals surface area contributed by atoms with Gasteiger partial charge in [0.1, 0.15) is 12.4 Å². The maximum Gasteiger partial charge on any atom is 0.326 e. The number of aromatic nitrogens is 1. The molecule has 2 aromatic carbocycles. The SMILES string of the molecule is CCOC(=O)Cn1c(=NC(=O)c2cccc(Cl)c2)sc2cccc(F)c21. The first kappa shape index (κ1) is 18.3. The molecule has 0 aliphatic rings. The molecule has 0 bridgehead atoms. The summed E-state index contributed by atoms with van der Waals surface area (Å²) in [6.45, 7) is 1.65. The lowest BCUT2D eigenvalue weighted by atomic mass is 10.2. The Morgan fingerprint density at radius 2 is 2.04 bits per heavy atom. The lowest BCUT2D eigenvalue weighted by molar-refractivity contribution is -0.143. The molecule has 134 valence electrons. The summed E-state index contributed by atoms with van der Waals surface area (Å²) in [7, 11) is 0. The number of hydrogen-bond acceptors (Lipinski definition) is 4. The van der Waals surface area contributed by atoms with Crippen molar-refractivity contribution < 1.29 is 18.7 Å². The Balaban J connectivity index is 2.13. The molecule has 3 aromatic rings. The Labute approximate surface area is 157 Å². The number of halogens is 2. The van der Waals surface area contributed by atoms with E-state index in [1.807, 2.05) is 0 Å². The minimum atomic E-state index is -0.535. The molecule has 1 aromatic heterocycles. The standard InChI is InChI=1S/C18H14ClFN2O3S/c1-2-25-15(23)10-22-16-13(20)7-4-8-14(16)26-18(22)21-17(24)11-5-3-6-12(19)9-11/h3-9H,2,10H2,1H3. The molecule has 0 aliphatic carbocycles. The minimum absolute atomic E-state index is 0.206. The lowest BCUT2D eigenvalue weighted by Gasteiger charge is -2.05. The Kier molecular flexibility index (Phi) is 5.49. The lowest BCUT2D eigenvalue weighted by Crippen LogP contribution is -2.23. The number of rotatable bonds is 4. The summed E-state index contributed by atoms with van der Waals surface area (Å²) in [6.07, 6.45) is 0. The first-order chi connectivity index (χ1) is 12.5. The van der Waals surface area contributed by atoms with E-state index < -0.39 is 17.7 Å². The van der Waals surface area contributed by atoms with Crippen LogP contribution in [0.5, 0.6) is 0 Å². The molecule has 0 spiro atoms. The van der Waals surface area contributed by atoms with Crippen LogP contribution in [-0.4, -0.2) is 23.1 Å². The summed E-state index contributed by atoms with van der Waals surface area (Å²) in [6, 6.07) is 10.9. The summed E-state index contributed by atoms with van der Waals surface area (Å²) in [5, 5.41) is 0.410. The zero-order chi connectivity index (χ0) is 18.7. The molecule has 26 heavy (non-hydrogen) atoms. The highest BCUT2D eigenvalue weighted by Gasteiger charge is 2.15. The summed E-state index contributed by atoms with van der Waals surface area (Å²) in [5.41, 5.74) is 0.515. The second kappa shape index (κ2) is 7.80. The fourth-order valence-corrected chi connectivity index (χ4v) is 3.66. The van der Waals surface area contributed by atoms with Gasteiger partial charge in [-0.2, -0.15) is 4.99 Å². The third kappa shape index (κ3) is 3.84. The van der Waals surface area contributed by atoms with Gasteiger partial charge in [-0.15, -0.1) is 0 Å². The van der Waals surface area contributed by atoms with Gasteiger partial charge >= 0.3 is 5.97 Å². The molecule has 0 fully saturated rings. The van der Waals surface area contributed by atoms with Gasteiger partial charge < -0.3 is 9.30 Å². The number of hydrogen-bond donors (Lipinski definition) is 0. The van der Waals surface area contributed by atoms with Crippen LogP contribution in [0.2, 0.25) is 5.02 Å². The molecule has 0 radical (unpaired) electrons. The van der Waals surface area contributed by atoms with E-state index in [9.17, 15) is 14.0 Å². The van der Waals surface area contributed by atoms with Crippen LogP contribution in [0.1, 0.15) is 17.3 Å². The first-order valence-corrected chi connectivity index (χ1v) is 8.97. The quantitative estimate of drug-likeness (QED) is 0.634. The highest BCUT2D eigenvalue weighted by molar-refractivity contribution is 7.16.